The lowest BCUT2D eigenvalue weighted by Crippen LogP contribution is -2.30. The smallest absolute Gasteiger partial charge is 0.274 e. The SMILES string of the molecule is CCN(C(=O)c1cc2ccc(F)cc2[nH]1)c1cccc(C)c1. The van der Waals surface area contributed by atoms with E-state index in [0.717, 1.165) is 16.6 Å². The molecular formula is C18H17FN2O. The van der Waals surface area contributed by atoms with Gasteiger partial charge in [0.25, 0.3) is 5.91 Å². The van der Waals surface area contributed by atoms with Gasteiger partial charge in [0, 0.05) is 23.1 Å². The Hall–Kier alpha value is -2.62. The molecule has 0 fully saturated rings. The Morgan fingerprint density at radius 3 is 2.73 bits per heavy atom. The first kappa shape index (κ1) is 14.3. The summed E-state index contributed by atoms with van der Waals surface area (Å²) >= 11 is 0. The molecular weight excluding hydrogens is 279 g/mol. The predicted molar refractivity (Wildman–Crippen MR) is 86.8 cm³/mol. The van der Waals surface area contributed by atoms with E-state index >= 15 is 0 Å². The Bertz CT molecular complexity index is 838. The molecule has 1 heterocycles. The van der Waals surface area contributed by atoms with Crippen LogP contribution in [0, 0.1) is 12.7 Å². The van der Waals surface area contributed by atoms with Crippen LogP contribution in [0.3, 0.4) is 0 Å². The number of aromatic amines is 1. The van der Waals surface area contributed by atoms with Crippen molar-refractivity contribution in [3.63, 3.8) is 0 Å². The zero-order valence-electron chi connectivity index (χ0n) is 12.6. The topological polar surface area (TPSA) is 36.1 Å². The summed E-state index contributed by atoms with van der Waals surface area (Å²) in [4.78, 5) is 17.4. The first-order valence-corrected chi connectivity index (χ1v) is 7.25. The lowest BCUT2D eigenvalue weighted by atomic mass is 10.2. The minimum Gasteiger partial charge on any atom is -0.350 e. The Morgan fingerprint density at radius 1 is 1.18 bits per heavy atom. The van der Waals surface area contributed by atoms with Crippen molar-refractivity contribution in [2.45, 2.75) is 13.8 Å². The second kappa shape index (κ2) is 5.64. The van der Waals surface area contributed by atoms with Gasteiger partial charge in [-0.1, -0.05) is 12.1 Å². The van der Waals surface area contributed by atoms with Gasteiger partial charge < -0.3 is 9.88 Å². The number of benzene rings is 2. The summed E-state index contributed by atoms with van der Waals surface area (Å²) in [5.41, 5.74) is 3.05. The number of aryl methyl sites for hydroxylation is 1. The van der Waals surface area contributed by atoms with Gasteiger partial charge in [0.1, 0.15) is 11.5 Å². The van der Waals surface area contributed by atoms with Crippen LogP contribution in [0.2, 0.25) is 0 Å². The molecule has 1 amide bonds. The highest BCUT2D eigenvalue weighted by Crippen LogP contribution is 2.21. The number of rotatable bonds is 3. The molecule has 3 aromatic rings. The lowest BCUT2D eigenvalue weighted by molar-refractivity contribution is 0.0984. The summed E-state index contributed by atoms with van der Waals surface area (Å²) in [6.07, 6.45) is 0. The summed E-state index contributed by atoms with van der Waals surface area (Å²) in [5, 5.41) is 0.824. The fourth-order valence-electron chi connectivity index (χ4n) is 2.60. The zero-order valence-corrected chi connectivity index (χ0v) is 12.6. The van der Waals surface area contributed by atoms with Gasteiger partial charge in [-0.15, -0.1) is 0 Å². The van der Waals surface area contributed by atoms with Gasteiger partial charge in [0.2, 0.25) is 0 Å². The van der Waals surface area contributed by atoms with Crippen molar-refractivity contribution in [2.75, 3.05) is 11.4 Å². The van der Waals surface area contributed by atoms with Crippen LogP contribution in [0.5, 0.6) is 0 Å². The van der Waals surface area contributed by atoms with Crippen LogP contribution in [0.4, 0.5) is 10.1 Å². The van der Waals surface area contributed by atoms with Crippen molar-refractivity contribution in [2.24, 2.45) is 0 Å². The molecule has 0 aliphatic carbocycles. The van der Waals surface area contributed by atoms with Crippen LogP contribution < -0.4 is 4.90 Å². The van der Waals surface area contributed by atoms with Crippen LogP contribution in [0.1, 0.15) is 23.0 Å². The molecule has 0 bridgehead atoms. The summed E-state index contributed by atoms with van der Waals surface area (Å²) in [6.45, 7) is 4.49. The highest BCUT2D eigenvalue weighted by Gasteiger charge is 2.18. The molecule has 0 aliphatic rings. The number of anilines is 1. The van der Waals surface area contributed by atoms with Gasteiger partial charge in [0.15, 0.2) is 0 Å². The molecule has 112 valence electrons. The summed E-state index contributed by atoms with van der Waals surface area (Å²) in [7, 11) is 0. The maximum atomic E-state index is 13.3. The molecule has 0 aliphatic heterocycles. The maximum absolute atomic E-state index is 13.3. The van der Waals surface area contributed by atoms with E-state index in [1.54, 1.807) is 17.0 Å². The number of aromatic nitrogens is 1. The third kappa shape index (κ3) is 2.60. The summed E-state index contributed by atoms with van der Waals surface area (Å²) in [6, 6.07) is 14.0. The molecule has 3 nitrogen and oxygen atoms in total. The van der Waals surface area contributed by atoms with E-state index < -0.39 is 0 Å². The van der Waals surface area contributed by atoms with Gasteiger partial charge in [-0.2, -0.15) is 0 Å². The minimum atomic E-state index is -0.320. The fraction of sp³-hybridized carbons (Fsp3) is 0.167. The predicted octanol–water partition coefficient (Wildman–Crippen LogP) is 4.28. The molecule has 1 aromatic heterocycles. The van der Waals surface area contributed by atoms with Crippen LogP contribution >= 0.6 is 0 Å². The molecule has 1 N–H and O–H groups in total. The number of nitrogens with one attached hydrogen (secondary N) is 1. The maximum Gasteiger partial charge on any atom is 0.274 e. The highest BCUT2D eigenvalue weighted by molar-refractivity contribution is 6.07. The monoisotopic (exact) mass is 296 g/mol. The third-order valence-corrected chi connectivity index (χ3v) is 3.69. The lowest BCUT2D eigenvalue weighted by Gasteiger charge is -2.20. The number of amides is 1. The number of carbonyl (C=O) groups is 1. The zero-order chi connectivity index (χ0) is 15.7. The van der Waals surface area contributed by atoms with E-state index in [1.807, 2.05) is 38.1 Å². The van der Waals surface area contributed by atoms with E-state index in [2.05, 4.69) is 4.98 Å². The van der Waals surface area contributed by atoms with E-state index in [4.69, 9.17) is 0 Å². The van der Waals surface area contributed by atoms with Crippen LogP contribution in [-0.2, 0) is 0 Å². The molecule has 3 rings (SSSR count). The van der Waals surface area contributed by atoms with E-state index in [1.165, 1.54) is 12.1 Å². The highest BCUT2D eigenvalue weighted by atomic mass is 19.1. The van der Waals surface area contributed by atoms with Crippen LogP contribution in [0.15, 0.2) is 48.5 Å². The van der Waals surface area contributed by atoms with Crippen molar-refractivity contribution >= 4 is 22.5 Å². The Kier molecular flexibility index (Phi) is 3.67. The van der Waals surface area contributed by atoms with E-state index in [9.17, 15) is 9.18 Å². The molecule has 2 aromatic carbocycles. The number of fused-ring (bicyclic) bond motifs is 1. The van der Waals surface area contributed by atoms with Crippen molar-refractivity contribution in [1.82, 2.24) is 4.98 Å². The second-order valence-electron chi connectivity index (χ2n) is 5.30. The summed E-state index contributed by atoms with van der Waals surface area (Å²) in [5.74, 6) is -0.441. The van der Waals surface area contributed by atoms with Crippen LogP contribution in [-0.4, -0.2) is 17.4 Å². The number of carbonyl (C=O) groups excluding carboxylic acids is 1. The Morgan fingerprint density at radius 2 is 2.00 bits per heavy atom. The molecule has 0 atom stereocenters. The van der Waals surface area contributed by atoms with Crippen LogP contribution in [0.25, 0.3) is 10.9 Å². The Balaban J connectivity index is 1.99. The average Bonchev–Trinajstić information content (AvgIpc) is 2.91. The summed E-state index contributed by atoms with van der Waals surface area (Å²) < 4.78 is 13.3. The molecule has 0 unspecified atom stereocenters. The number of nitrogens with zero attached hydrogens (tertiary/aromatic N) is 1. The molecule has 0 spiro atoms. The van der Waals surface area contributed by atoms with Gasteiger partial charge >= 0.3 is 0 Å². The Labute approximate surface area is 128 Å². The number of hydrogen-bond donors (Lipinski definition) is 1. The van der Waals surface area contributed by atoms with Gasteiger partial charge in [0.05, 0.1) is 0 Å². The fourth-order valence-corrected chi connectivity index (χ4v) is 2.60. The van der Waals surface area contributed by atoms with Crippen molar-refractivity contribution < 1.29 is 9.18 Å². The average molecular weight is 296 g/mol. The van der Waals surface area contributed by atoms with Gasteiger partial charge in [-0.25, -0.2) is 4.39 Å². The van der Waals surface area contributed by atoms with Gasteiger partial charge in [-0.05, 0) is 55.8 Å². The molecule has 0 saturated heterocycles. The standard InChI is InChI=1S/C18H17FN2O/c1-3-21(15-6-4-5-12(2)9-15)18(22)17-10-13-7-8-14(19)11-16(13)20-17/h4-11,20H,3H2,1-2H3. The first-order valence-electron chi connectivity index (χ1n) is 7.25. The van der Waals surface area contributed by atoms with Crippen molar-refractivity contribution in [3.8, 4) is 0 Å². The van der Waals surface area contributed by atoms with Gasteiger partial charge in [-0.3, -0.25) is 4.79 Å². The molecule has 0 radical (unpaired) electrons. The minimum absolute atomic E-state index is 0.121. The number of hydrogen-bond acceptors (Lipinski definition) is 1. The van der Waals surface area contributed by atoms with Crippen molar-refractivity contribution in [1.29, 1.82) is 0 Å². The third-order valence-electron chi connectivity index (χ3n) is 3.69. The quantitative estimate of drug-likeness (QED) is 0.769. The van der Waals surface area contributed by atoms with E-state index in [0.29, 0.717) is 17.8 Å². The number of H-pyrrole nitrogens is 1. The van der Waals surface area contributed by atoms with E-state index in [-0.39, 0.29) is 11.7 Å². The molecule has 4 heteroatoms. The normalized spacial score (nSPS) is 10.9. The molecule has 0 saturated carbocycles. The number of halogens is 1. The molecule has 22 heavy (non-hydrogen) atoms. The first-order chi connectivity index (χ1) is 10.6. The van der Waals surface area contributed by atoms with Crippen molar-refractivity contribution in [3.05, 3.63) is 65.6 Å². The largest absolute Gasteiger partial charge is 0.350 e. The second-order valence-corrected chi connectivity index (χ2v) is 5.30.